The predicted octanol–water partition coefficient (Wildman–Crippen LogP) is 2.93. The first kappa shape index (κ1) is 12.4. The second-order valence-corrected chi connectivity index (χ2v) is 4.68. The maximum Gasteiger partial charge on any atom is 0.217 e. The van der Waals surface area contributed by atoms with Crippen molar-refractivity contribution in [3.8, 4) is 5.88 Å². The van der Waals surface area contributed by atoms with Crippen LogP contribution < -0.4 is 10.1 Å². The van der Waals surface area contributed by atoms with Gasteiger partial charge in [0.2, 0.25) is 5.88 Å². The van der Waals surface area contributed by atoms with E-state index in [0.717, 1.165) is 18.3 Å². The third-order valence-electron chi connectivity index (χ3n) is 3.62. The van der Waals surface area contributed by atoms with Crippen molar-refractivity contribution in [3.05, 3.63) is 23.9 Å². The van der Waals surface area contributed by atoms with Crippen molar-refractivity contribution in [1.29, 1.82) is 0 Å². The summed E-state index contributed by atoms with van der Waals surface area (Å²) in [6.45, 7) is 3.14. The Morgan fingerprint density at radius 3 is 2.88 bits per heavy atom. The maximum atomic E-state index is 5.38. The summed E-state index contributed by atoms with van der Waals surface area (Å²) in [5.41, 5.74) is 1.21. The second-order valence-electron chi connectivity index (χ2n) is 4.68. The fraction of sp³-hybridized carbons (Fsp3) is 0.643. The van der Waals surface area contributed by atoms with Crippen LogP contribution in [0.1, 0.15) is 44.2 Å². The lowest BCUT2D eigenvalue weighted by atomic mass is 9.92. The van der Waals surface area contributed by atoms with Gasteiger partial charge in [-0.25, -0.2) is 4.98 Å². The van der Waals surface area contributed by atoms with E-state index in [1.54, 1.807) is 13.3 Å². The molecule has 2 rings (SSSR count). The quantitative estimate of drug-likeness (QED) is 0.850. The Bertz CT molecular complexity index is 348. The van der Waals surface area contributed by atoms with E-state index >= 15 is 0 Å². The van der Waals surface area contributed by atoms with E-state index in [9.17, 15) is 0 Å². The number of pyridine rings is 1. The van der Waals surface area contributed by atoms with E-state index in [1.807, 2.05) is 6.07 Å². The monoisotopic (exact) mass is 234 g/mol. The van der Waals surface area contributed by atoms with Crippen LogP contribution in [-0.4, -0.2) is 18.6 Å². The van der Waals surface area contributed by atoms with E-state index in [0.29, 0.717) is 6.04 Å². The summed E-state index contributed by atoms with van der Waals surface area (Å²) < 4.78 is 5.38. The number of ether oxygens (including phenoxy) is 1. The van der Waals surface area contributed by atoms with Crippen LogP contribution in [0.25, 0.3) is 0 Å². The first-order valence-corrected chi connectivity index (χ1v) is 6.59. The van der Waals surface area contributed by atoms with Crippen LogP contribution in [0.4, 0.5) is 0 Å². The topological polar surface area (TPSA) is 34.2 Å². The standard InChI is InChI=1S/C14H22N2O/c1-3-15-13(11-7-4-5-8-11)12-9-6-10-16-14(12)17-2/h6,9-11,13,15H,3-5,7-8H2,1-2H3. The molecule has 1 N–H and O–H groups in total. The van der Waals surface area contributed by atoms with Gasteiger partial charge >= 0.3 is 0 Å². The first-order valence-electron chi connectivity index (χ1n) is 6.59. The highest BCUT2D eigenvalue weighted by Crippen LogP contribution is 2.38. The second kappa shape index (κ2) is 6.01. The average Bonchev–Trinajstić information content (AvgIpc) is 2.89. The molecule has 94 valence electrons. The van der Waals surface area contributed by atoms with Crippen LogP contribution >= 0.6 is 0 Å². The van der Waals surface area contributed by atoms with Gasteiger partial charge in [0, 0.05) is 17.8 Å². The lowest BCUT2D eigenvalue weighted by Gasteiger charge is -2.25. The largest absolute Gasteiger partial charge is 0.481 e. The molecule has 17 heavy (non-hydrogen) atoms. The zero-order chi connectivity index (χ0) is 12.1. The van der Waals surface area contributed by atoms with Crippen molar-refractivity contribution in [3.63, 3.8) is 0 Å². The van der Waals surface area contributed by atoms with E-state index in [-0.39, 0.29) is 0 Å². The molecule has 1 fully saturated rings. The molecule has 1 unspecified atom stereocenters. The summed E-state index contributed by atoms with van der Waals surface area (Å²) in [7, 11) is 1.70. The molecule has 0 amide bonds. The van der Waals surface area contributed by atoms with Gasteiger partial charge in [-0.1, -0.05) is 25.8 Å². The number of rotatable bonds is 5. The molecule has 0 spiro atoms. The van der Waals surface area contributed by atoms with Gasteiger partial charge in [-0.05, 0) is 31.4 Å². The van der Waals surface area contributed by atoms with Crippen molar-refractivity contribution >= 4 is 0 Å². The summed E-state index contributed by atoms with van der Waals surface area (Å²) in [5, 5.41) is 3.60. The van der Waals surface area contributed by atoms with Crippen molar-refractivity contribution < 1.29 is 4.74 Å². The Kier molecular flexibility index (Phi) is 4.37. The smallest absolute Gasteiger partial charge is 0.217 e. The highest BCUT2D eigenvalue weighted by Gasteiger charge is 2.27. The molecule has 1 heterocycles. The van der Waals surface area contributed by atoms with Crippen LogP contribution in [0.15, 0.2) is 18.3 Å². The van der Waals surface area contributed by atoms with Gasteiger partial charge in [0.05, 0.1) is 7.11 Å². The molecule has 0 radical (unpaired) electrons. The summed E-state index contributed by atoms with van der Waals surface area (Å²) in [6.07, 6.45) is 7.13. The molecule has 0 bridgehead atoms. The Labute approximate surface area is 104 Å². The Morgan fingerprint density at radius 1 is 1.47 bits per heavy atom. The molecule has 0 saturated heterocycles. The van der Waals surface area contributed by atoms with Crippen molar-refractivity contribution in [2.45, 2.75) is 38.6 Å². The fourth-order valence-electron chi connectivity index (χ4n) is 2.85. The van der Waals surface area contributed by atoms with Crippen molar-refractivity contribution in [2.24, 2.45) is 5.92 Å². The van der Waals surface area contributed by atoms with Crippen LogP contribution in [-0.2, 0) is 0 Å². The minimum Gasteiger partial charge on any atom is -0.481 e. The lowest BCUT2D eigenvalue weighted by Crippen LogP contribution is -2.27. The maximum absolute atomic E-state index is 5.38. The number of nitrogens with one attached hydrogen (secondary N) is 1. The Hall–Kier alpha value is -1.09. The third kappa shape index (κ3) is 2.78. The Morgan fingerprint density at radius 2 is 2.24 bits per heavy atom. The summed E-state index contributed by atoms with van der Waals surface area (Å²) in [5.74, 6) is 1.50. The number of methoxy groups -OCH3 is 1. The van der Waals surface area contributed by atoms with E-state index in [4.69, 9.17) is 4.74 Å². The van der Waals surface area contributed by atoms with E-state index < -0.39 is 0 Å². The zero-order valence-electron chi connectivity index (χ0n) is 10.8. The molecule has 3 nitrogen and oxygen atoms in total. The number of nitrogens with zero attached hydrogens (tertiary/aromatic N) is 1. The van der Waals surface area contributed by atoms with Gasteiger partial charge in [-0.3, -0.25) is 0 Å². The van der Waals surface area contributed by atoms with Gasteiger partial charge in [0.15, 0.2) is 0 Å². The number of hydrogen-bond acceptors (Lipinski definition) is 3. The SMILES string of the molecule is CCNC(c1cccnc1OC)C1CCCC1. The molecule has 1 saturated carbocycles. The van der Waals surface area contributed by atoms with Crippen LogP contribution in [0.3, 0.4) is 0 Å². The minimum atomic E-state index is 0.395. The van der Waals surface area contributed by atoms with Gasteiger partial charge in [-0.15, -0.1) is 0 Å². The van der Waals surface area contributed by atoms with Gasteiger partial charge in [0.1, 0.15) is 0 Å². The Balaban J connectivity index is 2.24. The van der Waals surface area contributed by atoms with Crippen molar-refractivity contribution in [1.82, 2.24) is 10.3 Å². The highest BCUT2D eigenvalue weighted by molar-refractivity contribution is 5.29. The van der Waals surface area contributed by atoms with Crippen LogP contribution in [0.5, 0.6) is 5.88 Å². The average molecular weight is 234 g/mol. The molecule has 0 aromatic carbocycles. The molecule has 1 aliphatic carbocycles. The highest BCUT2D eigenvalue weighted by atomic mass is 16.5. The molecule has 1 aliphatic rings. The summed E-state index contributed by atoms with van der Waals surface area (Å²) in [4.78, 5) is 4.31. The summed E-state index contributed by atoms with van der Waals surface area (Å²) >= 11 is 0. The molecular formula is C14H22N2O. The molecule has 1 aromatic heterocycles. The van der Waals surface area contributed by atoms with Crippen molar-refractivity contribution in [2.75, 3.05) is 13.7 Å². The fourth-order valence-corrected chi connectivity index (χ4v) is 2.85. The van der Waals surface area contributed by atoms with E-state index in [1.165, 1.54) is 31.2 Å². The van der Waals surface area contributed by atoms with Gasteiger partial charge in [0.25, 0.3) is 0 Å². The molecule has 3 heteroatoms. The summed E-state index contributed by atoms with van der Waals surface area (Å²) in [6, 6.07) is 4.53. The molecular weight excluding hydrogens is 212 g/mol. The molecule has 1 aromatic rings. The predicted molar refractivity (Wildman–Crippen MR) is 69.2 cm³/mol. The van der Waals surface area contributed by atoms with Crippen LogP contribution in [0, 0.1) is 5.92 Å². The number of aromatic nitrogens is 1. The minimum absolute atomic E-state index is 0.395. The first-order chi connectivity index (χ1) is 8.36. The van der Waals surface area contributed by atoms with E-state index in [2.05, 4.69) is 23.3 Å². The number of hydrogen-bond donors (Lipinski definition) is 1. The lowest BCUT2D eigenvalue weighted by molar-refractivity contribution is 0.341. The molecule has 0 aliphatic heterocycles. The third-order valence-corrected chi connectivity index (χ3v) is 3.62. The molecule has 1 atom stereocenters. The van der Waals surface area contributed by atoms with Gasteiger partial charge in [-0.2, -0.15) is 0 Å². The van der Waals surface area contributed by atoms with Gasteiger partial charge < -0.3 is 10.1 Å². The van der Waals surface area contributed by atoms with Crippen LogP contribution in [0.2, 0.25) is 0 Å². The normalized spacial score (nSPS) is 18.2. The zero-order valence-corrected chi connectivity index (χ0v) is 10.8.